The molecule has 1 atom stereocenters. The normalized spacial score (nSPS) is 13.4. The smallest absolute Gasteiger partial charge is 0.161 e. The van der Waals surface area contributed by atoms with E-state index in [1.807, 2.05) is 18.2 Å². The summed E-state index contributed by atoms with van der Waals surface area (Å²) in [6, 6.07) is 5.56. The van der Waals surface area contributed by atoms with Crippen molar-refractivity contribution in [3.05, 3.63) is 23.8 Å². The highest BCUT2D eigenvalue weighted by molar-refractivity contribution is 5.44. The first kappa shape index (κ1) is 16.8. The van der Waals surface area contributed by atoms with Gasteiger partial charge in [0, 0.05) is 5.54 Å². The number of benzene rings is 1. The topological polar surface area (TPSA) is 41.9 Å². The fourth-order valence-corrected chi connectivity index (χ4v) is 2.64. The number of rotatable bonds is 7. The molecule has 0 heterocycles. The van der Waals surface area contributed by atoms with Crippen LogP contribution in [0, 0.1) is 0 Å². The third-order valence-electron chi connectivity index (χ3n) is 3.97. The van der Waals surface area contributed by atoms with E-state index in [9.17, 15) is 5.11 Å². The minimum absolute atomic E-state index is 0.344. The third kappa shape index (κ3) is 3.25. The quantitative estimate of drug-likeness (QED) is 0.834. The summed E-state index contributed by atoms with van der Waals surface area (Å²) in [5, 5.41) is 10.7. The van der Waals surface area contributed by atoms with Crippen LogP contribution in [0.15, 0.2) is 18.2 Å². The van der Waals surface area contributed by atoms with Crippen LogP contribution in [0.4, 0.5) is 0 Å². The van der Waals surface area contributed by atoms with Gasteiger partial charge in [0.1, 0.15) is 0 Å². The SMILES string of the molecule is CCN(CC)C(C)(C)C(O)c1ccc(OC)c(OC)c1. The van der Waals surface area contributed by atoms with Gasteiger partial charge in [0.05, 0.1) is 20.3 Å². The van der Waals surface area contributed by atoms with Gasteiger partial charge in [-0.15, -0.1) is 0 Å². The van der Waals surface area contributed by atoms with Crippen LogP contribution in [0.2, 0.25) is 0 Å². The zero-order valence-corrected chi connectivity index (χ0v) is 13.4. The van der Waals surface area contributed by atoms with Crippen molar-refractivity contribution in [1.82, 2.24) is 4.90 Å². The number of aliphatic hydroxyl groups is 1. The second kappa shape index (κ2) is 6.95. The van der Waals surface area contributed by atoms with Gasteiger partial charge < -0.3 is 14.6 Å². The first-order chi connectivity index (χ1) is 9.42. The molecule has 1 rings (SSSR count). The van der Waals surface area contributed by atoms with Crippen LogP contribution in [0.5, 0.6) is 11.5 Å². The van der Waals surface area contributed by atoms with Crippen molar-refractivity contribution < 1.29 is 14.6 Å². The van der Waals surface area contributed by atoms with E-state index in [-0.39, 0.29) is 5.54 Å². The zero-order valence-electron chi connectivity index (χ0n) is 13.4. The highest BCUT2D eigenvalue weighted by Gasteiger charge is 2.34. The molecule has 4 nitrogen and oxygen atoms in total. The van der Waals surface area contributed by atoms with E-state index in [1.54, 1.807) is 14.2 Å². The Bertz CT molecular complexity index is 428. The molecule has 1 N–H and O–H groups in total. The van der Waals surface area contributed by atoms with Gasteiger partial charge in [0.2, 0.25) is 0 Å². The predicted octanol–water partition coefficient (Wildman–Crippen LogP) is 2.86. The monoisotopic (exact) mass is 281 g/mol. The molecule has 114 valence electrons. The van der Waals surface area contributed by atoms with Crippen molar-refractivity contribution in [2.45, 2.75) is 39.3 Å². The summed E-state index contributed by atoms with van der Waals surface area (Å²) in [5.74, 6) is 1.31. The van der Waals surface area contributed by atoms with Gasteiger partial charge in [-0.25, -0.2) is 0 Å². The van der Waals surface area contributed by atoms with Gasteiger partial charge in [0.15, 0.2) is 11.5 Å². The number of likely N-dealkylation sites (N-methyl/N-ethyl adjacent to an activating group) is 1. The van der Waals surface area contributed by atoms with Gasteiger partial charge in [-0.1, -0.05) is 19.9 Å². The Morgan fingerprint density at radius 3 is 2.10 bits per heavy atom. The molecule has 0 fully saturated rings. The Morgan fingerprint density at radius 1 is 1.10 bits per heavy atom. The van der Waals surface area contributed by atoms with E-state index in [0.29, 0.717) is 11.5 Å². The molecule has 1 aromatic rings. The van der Waals surface area contributed by atoms with E-state index in [4.69, 9.17) is 9.47 Å². The van der Waals surface area contributed by atoms with E-state index in [1.165, 1.54) is 0 Å². The first-order valence-electron chi connectivity index (χ1n) is 7.07. The maximum atomic E-state index is 10.7. The summed E-state index contributed by atoms with van der Waals surface area (Å²) in [5.41, 5.74) is 0.489. The van der Waals surface area contributed by atoms with Crippen LogP contribution in [-0.2, 0) is 0 Å². The molecule has 0 aliphatic rings. The Morgan fingerprint density at radius 2 is 1.65 bits per heavy atom. The van der Waals surface area contributed by atoms with E-state index in [0.717, 1.165) is 18.7 Å². The van der Waals surface area contributed by atoms with Gasteiger partial charge in [-0.2, -0.15) is 0 Å². The number of nitrogens with zero attached hydrogens (tertiary/aromatic N) is 1. The lowest BCUT2D eigenvalue weighted by atomic mass is 9.89. The van der Waals surface area contributed by atoms with Crippen LogP contribution in [0.25, 0.3) is 0 Å². The number of hydrogen-bond donors (Lipinski definition) is 1. The standard InChI is InChI=1S/C16H27NO3/c1-7-17(8-2)16(3,4)15(18)12-9-10-13(19-5)14(11-12)20-6/h9-11,15,18H,7-8H2,1-6H3. The second-order valence-corrected chi connectivity index (χ2v) is 5.34. The van der Waals surface area contributed by atoms with Crippen LogP contribution in [0.1, 0.15) is 39.4 Å². The summed E-state index contributed by atoms with van der Waals surface area (Å²) in [6.45, 7) is 10.1. The van der Waals surface area contributed by atoms with Crippen LogP contribution >= 0.6 is 0 Å². The molecule has 1 unspecified atom stereocenters. The van der Waals surface area contributed by atoms with Gasteiger partial charge in [-0.05, 0) is 44.6 Å². The highest BCUT2D eigenvalue weighted by atomic mass is 16.5. The molecule has 0 aromatic heterocycles. The summed E-state index contributed by atoms with van der Waals surface area (Å²) < 4.78 is 10.5. The van der Waals surface area contributed by atoms with Crippen molar-refractivity contribution in [3.63, 3.8) is 0 Å². The maximum Gasteiger partial charge on any atom is 0.161 e. The molecule has 0 aliphatic carbocycles. The first-order valence-corrected chi connectivity index (χ1v) is 7.07. The van der Waals surface area contributed by atoms with Crippen molar-refractivity contribution >= 4 is 0 Å². The van der Waals surface area contributed by atoms with Gasteiger partial charge in [0.25, 0.3) is 0 Å². The summed E-state index contributed by atoms with van der Waals surface area (Å²) in [7, 11) is 3.21. The Hall–Kier alpha value is -1.26. The molecular weight excluding hydrogens is 254 g/mol. The van der Waals surface area contributed by atoms with Crippen LogP contribution < -0.4 is 9.47 Å². The Labute approximate surface area is 122 Å². The molecule has 1 aromatic carbocycles. The fourth-order valence-electron chi connectivity index (χ4n) is 2.64. The average Bonchev–Trinajstić information content (AvgIpc) is 2.46. The molecule has 0 bridgehead atoms. The van der Waals surface area contributed by atoms with Gasteiger partial charge >= 0.3 is 0 Å². The molecule has 4 heteroatoms. The van der Waals surface area contributed by atoms with Crippen molar-refractivity contribution in [1.29, 1.82) is 0 Å². The number of methoxy groups -OCH3 is 2. The largest absolute Gasteiger partial charge is 0.493 e. The average molecular weight is 281 g/mol. The molecular formula is C16H27NO3. The minimum Gasteiger partial charge on any atom is -0.493 e. The summed E-state index contributed by atoms with van der Waals surface area (Å²) >= 11 is 0. The van der Waals surface area contributed by atoms with Gasteiger partial charge in [-0.3, -0.25) is 4.90 Å². The number of hydrogen-bond acceptors (Lipinski definition) is 4. The van der Waals surface area contributed by atoms with Crippen molar-refractivity contribution in [3.8, 4) is 11.5 Å². The third-order valence-corrected chi connectivity index (χ3v) is 3.97. The molecule has 20 heavy (non-hydrogen) atoms. The lowest BCUT2D eigenvalue weighted by Gasteiger charge is -2.41. The van der Waals surface area contributed by atoms with Crippen molar-refractivity contribution in [2.24, 2.45) is 0 Å². The lowest BCUT2D eigenvalue weighted by molar-refractivity contribution is -0.00638. The Kier molecular flexibility index (Phi) is 5.84. The fraction of sp³-hybridized carbons (Fsp3) is 0.625. The highest BCUT2D eigenvalue weighted by Crippen LogP contribution is 2.35. The molecule has 0 radical (unpaired) electrons. The molecule has 0 amide bonds. The summed E-state index contributed by atoms with van der Waals surface area (Å²) in [6.07, 6.45) is -0.595. The minimum atomic E-state index is -0.595. The van der Waals surface area contributed by atoms with Crippen LogP contribution in [-0.4, -0.2) is 42.9 Å². The van der Waals surface area contributed by atoms with E-state index in [2.05, 4.69) is 32.6 Å². The maximum absolute atomic E-state index is 10.7. The number of aliphatic hydroxyl groups excluding tert-OH is 1. The Balaban J connectivity index is 3.10. The lowest BCUT2D eigenvalue weighted by Crippen LogP contribution is -2.48. The predicted molar refractivity (Wildman–Crippen MR) is 81.5 cm³/mol. The second-order valence-electron chi connectivity index (χ2n) is 5.34. The zero-order chi connectivity index (χ0) is 15.3. The molecule has 0 saturated heterocycles. The molecule has 0 aliphatic heterocycles. The molecule has 0 saturated carbocycles. The van der Waals surface area contributed by atoms with Crippen LogP contribution in [0.3, 0.4) is 0 Å². The summed E-state index contributed by atoms with van der Waals surface area (Å²) in [4.78, 5) is 2.24. The molecule has 0 spiro atoms. The number of ether oxygens (including phenoxy) is 2. The van der Waals surface area contributed by atoms with Crippen molar-refractivity contribution in [2.75, 3.05) is 27.3 Å². The van der Waals surface area contributed by atoms with E-state index >= 15 is 0 Å². The van der Waals surface area contributed by atoms with E-state index < -0.39 is 6.10 Å².